The van der Waals surface area contributed by atoms with Gasteiger partial charge in [0, 0.05) is 29.8 Å². The summed E-state index contributed by atoms with van der Waals surface area (Å²) in [6.07, 6.45) is 2.13. The van der Waals surface area contributed by atoms with E-state index in [4.69, 9.17) is 23.2 Å². The molecule has 0 radical (unpaired) electrons. The third-order valence-corrected chi connectivity index (χ3v) is 5.63. The Balaban J connectivity index is 1.63. The maximum absolute atomic E-state index is 12.2. The molecule has 3 rings (SSSR count). The van der Waals surface area contributed by atoms with Gasteiger partial charge in [-0.2, -0.15) is 5.10 Å². The highest BCUT2D eigenvalue weighted by Gasteiger charge is 2.31. The van der Waals surface area contributed by atoms with Gasteiger partial charge in [0.1, 0.15) is 0 Å². The van der Waals surface area contributed by atoms with Crippen molar-refractivity contribution >= 4 is 57.9 Å². The number of benzene rings is 2. The van der Waals surface area contributed by atoms with Gasteiger partial charge in [0.15, 0.2) is 5.17 Å². The normalized spacial score (nSPS) is 18.3. The van der Waals surface area contributed by atoms with Crippen molar-refractivity contribution in [2.45, 2.75) is 11.7 Å². The molecule has 1 heterocycles. The van der Waals surface area contributed by atoms with Crippen molar-refractivity contribution in [2.24, 2.45) is 10.2 Å². The van der Waals surface area contributed by atoms with Crippen LogP contribution in [-0.2, 0) is 11.2 Å². The van der Waals surface area contributed by atoms with Crippen LogP contribution in [0.5, 0.6) is 0 Å². The van der Waals surface area contributed by atoms with Crippen LogP contribution in [0.1, 0.15) is 11.1 Å². The highest BCUT2D eigenvalue weighted by molar-refractivity contribution is 8.15. The summed E-state index contributed by atoms with van der Waals surface area (Å²) in [6, 6.07) is 13.2. The van der Waals surface area contributed by atoms with Gasteiger partial charge in [-0.05, 0) is 47.9 Å². The maximum atomic E-state index is 12.2. The van der Waals surface area contributed by atoms with Crippen LogP contribution in [-0.4, -0.2) is 36.6 Å². The molecule has 1 amide bonds. The summed E-state index contributed by atoms with van der Waals surface area (Å²) in [4.78, 5) is 14.2. The summed E-state index contributed by atoms with van der Waals surface area (Å²) in [5, 5.41) is 12.3. The molecule has 0 aromatic heterocycles. The number of thioether (sulfide) groups is 1. The number of hydrogen-bond acceptors (Lipinski definition) is 5. The molecule has 0 unspecified atom stereocenters. The Morgan fingerprint density at radius 2 is 1.93 bits per heavy atom. The van der Waals surface area contributed by atoms with E-state index in [0.29, 0.717) is 21.6 Å². The quantitative estimate of drug-likeness (QED) is 0.581. The van der Waals surface area contributed by atoms with E-state index >= 15 is 0 Å². The van der Waals surface area contributed by atoms with Gasteiger partial charge in [-0.1, -0.05) is 47.1 Å². The topological polar surface area (TPSA) is 57.1 Å². The minimum atomic E-state index is -0.311. The SMILES string of the molecule is CN(C)c1ccc(/C=N\N=C2\NC(=O)[C@H](Cc3cc(Cl)ccc3Cl)S2)cc1. The Labute approximate surface area is 172 Å². The van der Waals surface area contributed by atoms with Crippen LogP contribution in [0.2, 0.25) is 10.0 Å². The lowest BCUT2D eigenvalue weighted by molar-refractivity contribution is -0.118. The first-order valence-electron chi connectivity index (χ1n) is 8.22. The minimum absolute atomic E-state index is 0.111. The average molecular weight is 421 g/mol. The van der Waals surface area contributed by atoms with Crippen molar-refractivity contribution in [3.05, 3.63) is 63.6 Å². The van der Waals surface area contributed by atoms with Gasteiger partial charge in [-0.15, -0.1) is 5.10 Å². The van der Waals surface area contributed by atoms with E-state index in [0.717, 1.165) is 16.8 Å². The summed E-state index contributed by atoms with van der Waals surface area (Å²) < 4.78 is 0. The molecular weight excluding hydrogens is 403 g/mol. The molecule has 0 saturated carbocycles. The van der Waals surface area contributed by atoms with E-state index in [9.17, 15) is 4.79 Å². The molecule has 1 aliphatic heterocycles. The monoisotopic (exact) mass is 420 g/mol. The summed E-state index contributed by atoms with van der Waals surface area (Å²) in [7, 11) is 3.98. The third-order valence-electron chi connectivity index (χ3n) is 3.95. The first-order valence-corrected chi connectivity index (χ1v) is 9.86. The lowest BCUT2D eigenvalue weighted by Gasteiger charge is -2.11. The number of amidine groups is 1. The highest BCUT2D eigenvalue weighted by Crippen LogP contribution is 2.28. The van der Waals surface area contributed by atoms with Crippen molar-refractivity contribution in [2.75, 3.05) is 19.0 Å². The largest absolute Gasteiger partial charge is 0.378 e. The molecule has 1 fully saturated rings. The summed E-state index contributed by atoms with van der Waals surface area (Å²) in [6.45, 7) is 0. The van der Waals surface area contributed by atoms with Crippen molar-refractivity contribution in [3.63, 3.8) is 0 Å². The van der Waals surface area contributed by atoms with Crippen molar-refractivity contribution in [1.82, 2.24) is 5.32 Å². The summed E-state index contributed by atoms with van der Waals surface area (Å²) in [5.41, 5.74) is 2.88. The molecule has 1 saturated heterocycles. The number of amides is 1. The van der Waals surface area contributed by atoms with Gasteiger partial charge in [-0.25, -0.2) is 0 Å². The molecule has 27 heavy (non-hydrogen) atoms. The van der Waals surface area contributed by atoms with Crippen LogP contribution in [0.3, 0.4) is 0 Å². The predicted molar refractivity (Wildman–Crippen MR) is 115 cm³/mol. The zero-order chi connectivity index (χ0) is 19.4. The highest BCUT2D eigenvalue weighted by atomic mass is 35.5. The molecule has 0 spiro atoms. The van der Waals surface area contributed by atoms with E-state index in [1.807, 2.05) is 43.3 Å². The third kappa shape index (κ3) is 5.25. The van der Waals surface area contributed by atoms with Crippen molar-refractivity contribution < 1.29 is 4.79 Å². The smallest absolute Gasteiger partial charge is 0.239 e. The first-order chi connectivity index (χ1) is 12.9. The van der Waals surface area contributed by atoms with Crippen LogP contribution >= 0.6 is 35.0 Å². The first kappa shape index (κ1) is 19.7. The van der Waals surface area contributed by atoms with Gasteiger partial charge in [0.05, 0.1) is 11.5 Å². The second-order valence-corrected chi connectivity index (χ2v) is 8.21. The summed E-state index contributed by atoms with van der Waals surface area (Å²) in [5.74, 6) is -0.111. The summed E-state index contributed by atoms with van der Waals surface area (Å²) >= 11 is 13.5. The Bertz CT molecular complexity index is 897. The fourth-order valence-corrected chi connectivity index (χ4v) is 3.83. The Morgan fingerprint density at radius 3 is 2.63 bits per heavy atom. The number of hydrogen-bond donors (Lipinski definition) is 1. The van der Waals surface area contributed by atoms with E-state index in [1.54, 1.807) is 24.4 Å². The van der Waals surface area contributed by atoms with Gasteiger partial charge in [-0.3, -0.25) is 4.79 Å². The number of carbonyl (C=O) groups excluding carboxylic acids is 1. The number of carbonyl (C=O) groups is 1. The molecular formula is C19H18Cl2N4OS. The van der Waals surface area contributed by atoms with E-state index in [1.165, 1.54) is 11.8 Å². The van der Waals surface area contributed by atoms with E-state index < -0.39 is 0 Å². The second kappa shape index (κ2) is 8.78. The van der Waals surface area contributed by atoms with Gasteiger partial charge >= 0.3 is 0 Å². The van der Waals surface area contributed by atoms with Crippen LogP contribution in [0, 0.1) is 0 Å². The van der Waals surface area contributed by atoms with Gasteiger partial charge in [0.2, 0.25) is 5.91 Å². The molecule has 0 aliphatic carbocycles. The lowest BCUT2D eigenvalue weighted by Crippen LogP contribution is -2.26. The number of rotatable bonds is 5. The zero-order valence-electron chi connectivity index (χ0n) is 14.8. The van der Waals surface area contributed by atoms with Gasteiger partial charge in [0.25, 0.3) is 0 Å². The molecule has 1 N–H and O–H groups in total. The van der Waals surface area contributed by atoms with Crippen LogP contribution in [0.4, 0.5) is 5.69 Å². The number of halogens is 2. The van der Waals surface area contributed by atoms with Crippen molar-refractivity contribution in [3.8, 4) is 0 Å². The molecule has 8 heteroatoms. The zero-order valence-corrected chi connectivity index (χ0v) is 17.1. The Kier molecular flexibility index (Phi) is 6.42. The van der Waals surface area contributed by atoms with Crippen LogP contribution in [0.25, 0.3) is 0 Å². The van der Waals surface area contributed by atoms with Crippen molar-refractivity contribution in [1.29, 1.82) is 0 Å². The average Bonchev–Trinajstić information content (AvgIpc) is 2.98. The molecule has 1 aliphatic rings. The molecule has 0 bridgehead atoms. The lowest BCUT2D eigenvalue weighted by atomic mass is 10.1. The van der Waals surface area contributed by atoms with E-state index in [2.05, 4.69) is 15.5 Å². The number of anilines is 1. The fourth-order valence-electron chi connectivity index (χ4n) is 2.49. The predicted octanol–water partition coefficient (Wildman–Crippen LogP) is 4.22. The Hall–Kier alpha value is -2.02. The number of nitrogens with zero attached hydrogens (tertiary/aromatic N) is 3. The molecule has 1 atom stereocenters. The van der Waals surface area contributed by atoms with Crippen LogP contribution < -0.4 is 10.2 Å². The second-order valence-electron chi connectivity index (χ2n) is 6.17. The Morgan fingerprint density at radius 1 is 1.19 bits per heavy atom. The molecule has 2 aromatic rings. The molecule has 140 valence electrons. The van der Waals surface area contributed by atoms with E-state index in [-0.39, 0.29) is 11.2 Å². The molecule has 5 nitrogen and oxygen atoms in total. The number of nitrogens with one attached hydrogen (secondary N) is 1. The standard InChI is InChI=1S/C19H18Cl2N4OS/c1-25(2)15-6-3-12(4-7-15)11-22-24-19-23-18(26)17(27-19)10-13-9-14(20)5-8-16(13)21/h3-9,11,17H,10H2,1-2H3,(H,23,24,26)/b22-11-/t17-/m0/s1. The van der Waals surface area contributed by atoms with Gasteiger partial charge < -0.3 is 10.2 Å². The molecule has 2 aromatic carbocycles. The fraction of sp³-hybridized carbons (Fsp3) is 0.211. The van der Waals surface area contributed by atoms with Crippen LogP contribution in [0.15, 0.2) is 52.7 Å². The minimum Gasteiger partial charge on any atom is -0.378 e. The maximum Gasteiger partial charge on any atom is 0.239 e.